The van der Waals surface area contributed by atoms with E-state index in [0.29, 0.717) is 22.7 Å². The molecule has 2 heterocycles. The predicted molar refractivity (Wildman–Crippen MR) is 127 cm³/mol. The average molecular weight is 476 g/mol. The molecule has 0 saturated carbocycles. The van der Waals surface area contributed by atoms with E-state index < -0.39 is 16.7 Å². The highest BCUT2D eigenvalue weighted by Gasteiger charge is 2.34. The van der Waals surface area contributed by atoms with Crippen LogP contribution in [0.25, 0.3) is 6.08 Å². The zero-order valence-corrected chi connectivity index (χ0v) is 18.4. The van der Waals surface area contributed by atoms with E-state index in [2.05, 4.69) is 10.3 Å². The Kier molecular flexibility index (Phi) is 6.28. The number of carbonyl (C=O) groups excluding carboxylic acids is 2. The van der Waals surface area contributed by atoms with E-state index in [0.717, 1.165) is 6.20 Å². The first-order valence-corrected chi connectivity index (χ1v) is 10.2. The van der Waals surface area contributed by atoms with Gasteiger partial charge in [0, 0.05) is 12.1 Å². The van der Waals surface area contributed by atoms with Crippen molar-refractivity contribution in [2.75, 3.05) is 12.0 Å². The molecule has 10 nitrogen and oxygen atoms in total. The zero-order valence-electron chi connectivity index (χ0n) is 17.6. The van der Waals surface area contributed by atoms with Gasteiger partial charge in [-0.1, -0.05) is 12.1 Å². The molecule has 1 fully saturated rings. The summed E-state index contributed by atoms with van der Waals surface area (Å²) in [5.74, 6) is 0.0563. The smallest absolute Gasteiger partial charge is 0.287 e. The van der Waals surface area contributed by atoms with E-state index >= 15 is 0 Å². The van der Waals surface area contributed by atoms with E-state index in [9.17, 15) is 19.7 Å². The lowest BCUT2D eigenvalue weighted by molar-refractivity contribution is -0.385. The molecule has 0 spiro atoms. The zero-order chi connectivity index (χ0) is 24.2. The number of pyridine rings is 1. The van der Waals surface area contributed by atoms with Crippen molar-refractivity contribution in [1.29, 1.82) is 0 Å². The number of rotatable bonds is 6. The molecule has 0 unspecified atom stereocenters. The van der Waals surface area contributed by atoms with Gasteiger partial charge in [-0.2, -0.15) is 0 Å². The molecule has 11 heteroatoms. The Morgan fingerprint density at radius 3 is 2.29 bits per heavy atom. The summed E-state index contributed by atoms with van der Waals surface area (Å²) in [5, 5.41) is 13.2. The van der Waals surface area contributed by atoms with Crippen molar-refractivity contribution in [3.63, 3.8) is 0 Å². The molecule has 0 radical (unpaired) electrons. The lowest BCUT2D eigenvalue weighted by atomic mass is 10.1. The highest BCUT2D eigenvalue weighted by atomic mass is 32.1. The highest BCUT2D eigenvalue weighted by molar-refractivity contribution is 7.80. The minimum Gasteiger partial charge on any atom is -0.497 e. The molecule has 2 amide bonds. The minimum absolute atomic E-state index is 0.0170. The van der Waals surface area contributed by atoms with Crippen LogP contribution in [0.2, 0.25) is 0 Å². The normalized spacial score (nSPS) is 14.7. The topological polar surface area (TPSA) is 124 Å². The van der Waals surface area contributed by atoms with Crippen LogP contribution in [0.4, 0.5) is 11.4 Å². The van der Waals surface area contributed by atoms with Gasteiger partial charge in [0.2, 0.25) is 5.88 Å². The first-order valence-electron chi connectivity index (χ1n) is 9.79. The molecule has 1 aliphatic rings. The fourth-order valence-corrected chi connectivity index (χ4v) is 3.36. The van der Waals surface area contributed by atoms with Crippen LogP contribution in [-0.2, 0) is 9.59 Å². The lowest BCUT2D eigenvalue weighted by Gasteiger charge is -2.29. The number of nitro groups is 1. The van der Waals surface area contributed by atoms with Crippen LogP contribution in [0.5, 0.6) is 17.4 Å². The van der Waals surface area contributed by atoms with E-state index in [-0.39, 0.29) is 22.3 Å². The summed E-state index contributed by atoms with van der Waals surface area (Å²) in [6, 6.07) is 15.9. The largest absolute Gasteiger partial charge is 0.497 e. The number of hydrogen-bond donors (Lipinski definition) is 1. The molecule has 0 bridgehead atoms. The Morgan fingerprint density at radius 2 is 1.71 bits per heavy atom. The SMILES string of the molecule is COc1ccc(N2C(=O)/C(=C/c3ccc(Oc4ccc([N+](=O)[O-])cn4)cc3)C(=O)NC2=S)cc1. The maximum atomic E-state index is 13.1. The molecule has 1 N–H and O–H groups in total. The van der Waals surface area contributed by atoms with Crippen molar-refractivity contribution in [2.45, 2.75) is 0 Å². The molecule has 34 heavy (non-hydrogen) atoms. The summed E-state index contributed by atoms with van der Waals surface area (Å²) >= 11 is 5.20. The van der Waals surface area contributed by atoms with Gasteiger partial charge >= 0.3 is 0 Å². The van der Waals surface area contributed by atoms with E-state index in [1.807, 2.05) is 0 Å². The van der Waals surface area contributed by atoms with Gasteiger partial charge < -0.3 is 9.47 Å². The first-order chi connectivity index (χ1) is 16.4. The van der Waals surface area contributed by atoms with Crippen LogP contribution < -0.4 is 19.7 Å². The molecule has 1 saturated heterocycles. The van der Waals surface area contributed by atoms with Crippen LogP contribution in [0.1, 0.15) is 5.56 Å². The van der Waals surface area contributed by atoms with Crippen LogP contribution in [0.3, 0.4) is 0 Å². The third-order valence-corrected chi connectivity index (χ3v) is 5.06. The van der Waals surface area contributed by atoms with Crippen LogP contribution in [0, 0.1) is 10.1 Å². The summed E-state index contributed by atoms with van der Waals surface area (Å²) in [5.41, 5.74) is 0.828. The third kappa shape index (κ3) is 4.74. The number of amides is 2. The Bertz CT molecular complexity index is 1300. The molecular formula is C23H16N4O6S. The Labute approximate surface area is 198 Å². The summed E-state index contributed by atoms with van der Waals surface area (Å²) in [4.78, 5) is 40.8. The molecule has 0 atom stereocenters. The average Bonchev–Trinajstić information content (AvgIpc) is 2.83. The number of methoxy groups -OCH3 is 1. The first kappa shape index (κ1) is 22.6. The number of thiocarbonyl (C=S) groups is 1. The number of hydrogen-bond acceptors (Lipinski definition) is 8. The summed E-state index contributed by atoms with van der Waals surface area (Å²) in [6.45, 7) is 0. The minimum atomic E-state index is -0.602. The third-order valence-electron chi connectivity index (χ3n) is 4.78. The number of anilines is 1. The Balaban J connectivity index is 1.53. The van der Waals surface area contributed by atoms with Crippen LogP contribution in [-0.4, -0.2) is 33.9 Å². The standard InChI is InChI=1S/C23H16N4O6S/c1-32-17-9-4-15(5-10-17)26-22(29)19(21(28)25-23(26)34)12-14-2-7-18(8-3-14)33-20-11-6-16(13-24-20)27(30)31/h2-13H,1H3,(H,25,28,34)/b19-12+. The molecular weight excluding hydrogens is 460 g/mol. The number of carbonyl (C=O) groups is 2. The van der Waals surface area contributed by atoms with Crippen molar-refractivity contribution < 1.29 is 24.0 Å². The van der Waals surface area contributed by atoms with Crippen molar-refractivity contribution in [2.24, 2.45) is 0 Å². The number of benzene rings is 2. The Morgan fingerprint density at radius 1 is 1.03 bits per heavy atom. The molecule has 1 aliphatic heterocycles. The molecule has 3 aromatic rings. The van der Waals surface area contributed by atoms with Crippen molar-refractivity contribution in [1.82, 2.24) is 10.3 Å². The van der Waals surface area contributed by atoms with Crippen molar-refractivity contribution in [3.05, 3.63) is 88.1 Å². The predicted octanol–water partition coefficient (Wildman–Crippen LogP) is 3.62. The van der Waals surface area contributed by atoms with E-state index in [1.54, 1.807) is 48.5 Å². The maximum absolute atomic E-state index is 13.1. The Hall–Kier alpha value is -4.64. The van der Waals surface area contributed by atoms with Crippen molar-refractivity contribution >= 4 is 46.6 Å². The van der Waals surface area contributed by atoms with Gasteiger partial charge in [-0.05, 0) is 60.3 Å². The van der Waals surface area contributed by atoms with E-state index in [4.69, 9.17) is 21.7 Å². The number of nitrogens with one attached hydrogen (secondary N) is 1. The van der Waals surface area contributed by atoms with Crippen molar-refractivity contribution in [3.8, 4) is 17.4 Å². The highest BCUT2D eigenvalue weighted by Crippen LogP contribution is 2.26. The number of nitrogens with zero attached hydrogens (tertiary/aromatic N) is 3. The molecule has 170 valence electrons. The maximum Gasteiger partial charge on any atom is 0.287 e. The van der Waals surface area contributed by atoms with Gasteiger partial charge in [0.25, 0.3) is 17.5 Å². The number of ether oxygens (including phenoxy) is 2. The second-order valence-corrected chi connectivity index (χ2v) is 7.33. The van der Waals surface area contributed by atoms with Gasteiger partial charge in [-0.15, -0.1) is 0 Å². The van der Waals surface area contributed by atoms with Gasteiger partial charge in [0.05, 0.1) is 17.7 Å². The van der Waals surface area contributed by atoms with Crippen LogP contribution >= 0.6 is 12.2 Å². The van der Waals surface area contributed by atoms with E-state index in [1.165, 1.54) is 30.2 Å². The lowest BCUT2D eigenvalue weighted by Crippen LogP contribution is -2.54. The number of aromatic nitrogens is 1. The fourth-order valence-electron chi connectivity index (χ4n) is 3.08. The fraction of sp³-hybridized carbons (Fsp3) is 0.0435. The summed E-state index contributed by atoms with van der Waals surface area (Å²) in [7, 11) is 1.53. The summed E-state index contributed by atoms with van der Waals surface area (Å²) < 4.78 is 10.7. The molecule has 4 rings (SSSR count). The monoisotopic (exact) mass is 476 g/mol. The second-order valence-electron chi connectivity index (χ2n) is 6.94. The van der Waals surface area contributed by atoms with Gasteiger partial charge in [0.15, 0.2) is 5.11 Å². The second kappa shape index (κ2) is 9.46. The van der Waals surface area contributed by atoms with Gasteiger partial charge in [-0.25, -0.2) is 4.98 Å². The molecule has 2 aromatic carbocycles. The summed E-state index contributed by atoms with van der Waals surface area (Å²) in [6.07, 6.45) is 2.55. The van der Waals surface area contributed by atoms with Gasteiger partial charge in [0.1, 0.15) is 23.3 Å². The quantitative estimate of drug-likeness (QED) is 0.188. The molecule has 0 aliphatic carbocycles. The van der Waals surface area contributed by atoms with Crippen LogP contribution in [0.15, 0.2) is 72.4 Å². The molecule has 1 aromatic heterocycles. The van der Waals surface area contributed by atoms with Gasteiger partial charge in [-0.3, -0.25) is 29.9 Å².